The zero-order valence-corrected chi connectivity index (χ0v) is 11.2. The van der Waals surface area contributed by atoms with Crippen LogP contribution < -0.4 is 11.1 Å². The van der Waals surface area contributed by atoms with Gasteiger partial charge in [-0.3, -0.25) is 14.4 Å². The second-order valence-corrected chi connectivity index (χ2v) is 4.60. The number of aryl methyl sites for hydroxylation is 1. The van der Waals surface area contributed by atoms with Crippen molar-refractivity contribution in [1.29, 1.82) is 0 Å². The minimum absolute atomic E-state index is 0.0167. The predicted molar refractivity (Wildman–Crippen MR) is 71.5 cm³/mol. The Balaban J connectivity index is 1.81. The Hall–Kier alpha value is -1.60. The van der Waals surface area contributed by atoms with E-state index in [-0.39, 0.29) is 11.9 Å². The number of hydrogen-bond acceptors (Lipinski definition) is 5. The lowest BCUT2D eigenvalue weighted by Gasteiger charge is -2.34. The molecule has 1 fully saturated rings. The highest BCUT2D eigenvalue weighted by molar-refractivity contribution is 5.81. The number of nitrogens with zero attached hydrogens (tertiary/aromatic N) is 3. The number of nitrogen functional groups attached to an aromatic ring is 1. The zero-order valence-electron chi connectivity index (χ0n) is 11.2. The molecule has 1 aliphatic rings. The summed E-state index contributed by atoms with van der Waals surface area (Å²) >= 11 is 0. The number of nitrogens with one attached hydrogen (secondary N) is 1. The van der Waals surface area contributed by atoms with Crippen LogP contribution in [0, 0.1) is 0 Å². The van der Waals surface area contributed by atoms with Gasteiger partial charge >= 0.3 is 0 Å². The summed E-state index contributed by atoms with van der Waals surface area (Å²) in [7, 11) is 1.65. The van der Waals surface area contributed by atoms with Crippen LogP contribution in [-0.2, 0) is 16.1 Å². The SMILES string of the molecule is CNC(=O)C1COCCN1CCCn1ccc(N)n1. The molecule has 0 bridgehead atoms. The molecule has 0 spiro atoms. The number of anilines is 1. The van der Waals surface area contributed by atoms with Gasteiger partial charge in [0.05, 0.1) is 13.2 Å². The molecule has 1 saturated heterocycles. The van der Waals surface area contributed by atoms with E-state index in [4.69, 9.17) is 10.5 Å². The number of rotatable bonds is 5. The smallest absolute Gasteiger partial charge is 0.239 e. The fraction of sp³-hybridized carbons (Fsp3) is 0.667. The molecule has 106 valence electrons. The molecule has 1 aromatic heterocycles. The summed E-state index contributed by atoms with van der Waals surface area (Å²) in [5.41, 5.74) is 5.56. The minimum atomic E-state index is -0.179. The molecule has 1 atom stereocenters. The summed E-state index contributed by atoms with van der Waals surface area (Å²) in [5.74, 6) is 0.553. The molecular weight excluding hydrogens is 246 g/mol. The van der Waals surface area contributed by atoms with E-state index in [0.29, 0.717) is 19.0 Å². The van der Waals surface area contributed by atoms with Crippen molar-refractivity contribution in [2.24, 2.45) is 0 Å². The van der Waals surface area contributed by atoms with Crippen molar-refractivity contribution in [3.63, 3.8) is 0 Å². The van der Waals surface area contributed by atoms with E-state index in [1.807, 2.05) is 10.9 Å². The van der Waals surface area contributed by atoms with Crippen LogP contribution in [0.2, 0.25) is 0 Å². The molecule has 1 amide bonds. The molecule has 0 radical (unpaired) electrons. The van der Waals surface area contributed by atoms with Gasteiger partial charge in [-0.2, -0.15) is 5.10 Å². The predicted octanol–water partition coefficient (Wildman–Crippen LogP) is -0.698. The van der Waals surface area contributed by atoms with Crippen LogP contribution in [0.15, 0.2) is 12.3 Å². The van der Waals surface area contributed by atoms with E-state index in [1.54, 1.807) is 13.1 Å². The fourth-order valence-corrected chi connectivity index (χ4v) is 2.25. The highest BCUT2D eigenvalue weighted by Crippen LogP contribution is 2.08. The normalized spacial score (nSPS) is 20.4. The Bertz CT molecular complexity index is 420. The fourth-order valence-electron chi connectivity index (χ4n) is 2.25. The first kappa shape index (κ1) is 13.8. The summed E-state index contributed by atoms with van der Waals surface area (Å²) in [6, 6.07) is 1.60. The van der Waals surface area contributed by atoms with Gasteiger partial charge in [-0.25, -0.2) is 0 Å². The van der Waals surface area contributed by atoms with Gasteiger partial charge in [-0.05, 0) is 12.5 Å². The van der Waals surface area contributed by atoms with E-state index < -0.39 is 0 Å². The zero-order chi connectivity index (χ0) is 13.7. The molecule has 7 heteroatoms. The van der Waals surface area contributed by atoms with Gasteiger partial charge in [0.25, 0.3) is 0 Å². The first-order chi connectivity index (χ1) is 9.20. The van der Waals surface area contributed by atoms with E-state index in [0.717, 1.165) is 26.1 Å². The first-order valence-corrected chi connectivity index (χ1v) is 6.53. The van der Waals surface area contributed by atoms with Crippen molar-refractivity contribution < 1.29 is 9.53 Å². The molecule has 2 heterocycles. The first-order valence-electron chi connectivity index (χ1n) is 6.53. The van der Waals surface area contributed by atoms with Crippen LogP contribution in [0.1, 0.15) is 6.42 Å². The van der Waals surface area contributed by atoms with Gasteiger partial charge < -0.3 is 15.8 Å². The number of ether oxygens (including phenoxy) is 1. The highest BCUT2D eigenvalue weighted by Gasteiger charge is 2.28. The molecule has 19 heavy (non-hydrogen) atoms. The van der Waals surface area contributed by atoms with Crippen molar-refractivity contribution in [2.75, 3.05) is 39.1 Å². The van der Waals surface area contributed by atoms with Crippen LogP contribution in [0.3, 0.4) is 0 Å². The molecule has 1 unspecified atom stereocenters. The number of hydrogen-bond donors (Lipinski definition) is 2. The van der Waals surface area contributed by atoms with Crippen LogP contribution in [0.4, 0.5) is 5.82 Å². The summed E-state index contributed by atoms with van der Waals surface area (Å²) in [6.07, 6.45) is 2.79. The van der Waals surface area contributed by atoms with Crippen molar-refractivity contribution >= 4 is 11.7 Å². The van der Waals surface area contributed by atoms with Crippen molar-refractivity contribution in [1.82, 2.24) is 20.0 Å². The number of likely N-dealkylation sites (N-methyl/N-ethyl adjacent to an activating group) is 1. The Kier molecular flexibility index (Phi) is 4.75. The summed E-state index contributed by atoms with van der Waals surface area (Å²) in [5, 5.41) is 6.82. The number of amides is 1. The second kappa shape index (κ2) is 6.53. The maximum Gasteiger partial charge on any atom is 0.239 e. The maximum atomic E-state index is 11.7. The molecular formula is C12H21N5O2. The topological polar surface area (TPSA) is 85.4 Å². The summed E-state index contributed by atoms with van der Waals surface area (Å²) in [6.45, 7) is 3.59. The maximum absolute atomic E-state index is 11.7. The summed E-state index contributed by atoms with van der Waals surface area (Å²) in [4.78, 5) is 13.9. The Labute approximate surface area is 112 Å². The lowest BCUT2D eigenvalue weighted by molar-refractivity contribution is -0.132. The van der Waals surface area contributed by atoms with E-state index in [1.165, 1.54) is 0 Å². The third kappa shape index (κ3) is 3.68. The highest BCUT2D eigenvalue weighted by atomic mass is 16.5. The van der Waals surface area contributed by atoms with Crippen LogP contribution in [-0.4, -0.2) is 60.0 Å². The van der Waals surface area contributed by atoms with Gasteiger partial charge in [-0.15, -0.1) is 0 Å². The molecule has 0 saturated carbocycles. The lowest BCUT2D eigenvalue weighted by atomic mass is 10.2. The van der Waals surface area contributed by atoms with Gasteiger partial charge in [0.15, 0.2) is 0 Å². The standard InChI is InChI=1S/C12H21N5O2/c1-14-12(18)10-9-19-8-7-16(10)4-2-5-17-6-3-11(13)15-17/h3,6,10H,2,4-5,7-9H2,1H3,(H2,13,15)(H,14,18). The van der Waals surface area contributed by atoms with Crippen LogP contribution in [0.25, 0.3) is 0 Å². The minimum Gasteiger partial charge on any atom is -0.382 e. The molecule has 2 rings (SSSR count). The lowest BCUT2D eigenvalue weighted by Crippen LogP contribution is -2.53. The van der Waals surface area contributed by atoms with Gasteiger partial charge in [0.2, 0.25) is 5.91 Å². The Morgan fingerprint density at radius 2 is 2.47 bits per heavy atom. The third-order valence-electron chi connectivity index (χ3n) is 3.28. The molecule has 3 N–H and O–H groups in total. The molecule has 7 nitrogen and oxygen atoms in total. The third-order valence-corrected chi connectivity index (χ3v) is 3.28. The average Bonchev–Trinajstić information content (AvgIpc) is 2.84. The van der Waals surface area contributed by atoms with Crippen LogP contribution >= 0.6 is 0 Å². The van der Waals surface area contributed by atoms with E-state index in [9.17, 15) is 4.79 Å². The number of carbonyl (C=O) groups is 1. The van der Waals surface area contributed by atoms with E-state index in [2.05, 4.69) is 15.3 Å². The van der Waals surface area contributed by atoms with Gasteiger partial charge in [0.1, 0.15) is 11.9 Å². The largest absolute Gasteiger partial charge is 0.382 e. The number of nitrogens with two attached hydrogens (primary N) is 1. The summed E-state index contributed by atoms with van der Waals surface area (Å²) < 4.78 is 7.19. The average molecular weight is 267 g/mol. The number of morpholine rings is 1. The van der Waals surface area contributed by atoms with Gasteiger partial charge in [0, 0.05) is 32.9 Å². The quantitative estimate of drug-likeness (QED) is 0.737. The van der Waals surface area contributed by atoms with Crippen molar-refractivity contribution in [2.45, 2.75) is 19.0 Å². The number of aromatic nitrogens is 2. The Morgan fingerprint density at radius 1 is 1.63 bits per heavy atom. The monoisotopic (exact) mass is 267 g/mol. The Morgan fingerprint density at radius 3 is 3.16 bits per heavy atom. The van der Waals surface area contributed by atoms with Crippen molar-refractivity contribution in [3.8, 4) is 0 Å². The van der Waals surface area contributed by atoms with Gasteiger partial charge in [-0.1, -0.05) is 0 Å². The second-order valence-electron chi connectivity index (χ2n) is 4.60. The van der Waals surface area contributed by atoms with E-state index >= 15 is 0 Å². The number of carbonyl (C=O) groups excluding carboxylic acids is 1. The van der Waals surface area contributed by atoms with Crippen LogP contribution in [0.5, 0.6) is 0 Å². The van der Waals surface area contributed by atoms with Crippen molar-refractivity contribution in [3.05, 3.63) is 12.3 Å². The molecule has 0 aromatic carbocycles. The molecule has 1 aliphatic heterocycles. The molecule has 0 aliphatic carbocycles. The molecule has 1 aromatic rings.